The van der Waals surface area contributed by atoms with Gasteiger partial charge in [0, 0.05) is 32.4 Å². The van der Waals surface area contributed by atoms with Gasteiger partial charge >= 0.3 is 0 Å². The lowest BCUT2D eigenvalue weighted by Crippen LogP contribution is -2.33. The predicted molar refractivity (Wildman–Crippen MR) is 91.5 cm³/mol. The Kier molecular flexibility index (Phi) is 14.8. The fourth-order valence-corrected chi connectivity index (χ4v) is 1.65. The summed E-state index contributed by atoms with van der Waals surface area (Å²) < 4.78 is 5.06. The zero-order valence-electron chi connectivity index (χ0n) is 12.2. The molecule has 122 valence electrons. The van der Waals surface area contributed by atoms with Crippen molar-refractivity contribution in [2.75, 3.05) is 32.1 Å². The molecule has 0 bridgehead atoms. The van der Waals surface area contributed by atoms with Crippen molar-refractivity contribution in [3.63, 3.8) is 0 Å². The van der Waals surface area contributed by atoms with E-state index in [9.17, 15) is 4.79 Å². The van der Waals surface area contributed by atoms with Crippen LogP contribution in [0.4, 0.5) is 5.69 Å². The standard InChI is InChI=1S/C14H23N3O2.2ClH/c1-19-13(11-15)10-14(18)17-9-5-8-16-12-6-3-2-4-7-12;;/h2-4,6-7,13,16H,5,8-11,15H2,1H3,(H,17,18);2*1H. The molecule has 0 aromatic heterocycles. The van der Waals surface area contributed by atoms with E-state index in [0.717, 1.165) is 18.7 Å². The third-order valence-electron chi connectivity index (χ3n) is 2.79. The number of nitrogens with two attached hydrogens (primary N) is 1. The largest absolute Gasteiger partial charge is 0.385 e. The van der Waals surface area contributed by atoms with Gasteiger partial charge in [-0.25, -0.2) is 0 Å². The molecule has 1 unspecified atom stereocenters. The van der Waals surface area contributed by atoms with Crippen LogP contribution < -0.4 is 16.4 Å². The summed E-state index contributed by atoms with van der Waals surface area (Å²) in [6, 6.07) is 9.99. The molecule has 1 aromatic rings. The van der Waals surface area contributed by atoms with Gasteiger partial charge in [-0.05, 0) is 18.6 Å². The molecule has 0 saturated heterocycles. The Labute approximate surface area is 138 Å². The minimum atomic E-state index is -0.192. The van der Waals surface area contributed by atoms with Crippen molar-refractivity contribution >= 4 is 36.4 Å². The maximum absolute atomic E-state index is 11.5. The van der Waals surface area contributed by atoms with Gasteiger partial charge in [0.25, 0.3) is 0 Å². The first kappa shape index (κ1) is 22.3. The Hall–Kier alpha value is -1.01. The first-order valence-corrected chi connectivity index (χ1v) is 6.54. The summed E-state index contributed by atoms with van der Waals surface area (Å²) in [7, 11) is 1.56. The Morgan fingerprint density at radius 3 is 2.48 bits per heavy atom. The fraction of sp³-hybridized carbons (Fsp3) is 0.500. The van der Waals surface area contributed by atoms with Gasteiger partial charge in [0.15, 0.2) is 0 Å². The molecule has 0 aliphatic carbocycles. The molecule has 1 amide bonds. The molecule has 1 rings (SSSR count). The second-order valence-corrected chi connectivity index (χ2v) is 4.29. The van der Waals surface area contributed by atoms with Crippen molar-refractivity contribution in [3.05, 3.63) is 30.3 Å². The van der Waals surface area contributed by atoms with Gasteiger partial charge in [0.05, 0.1) is 12.5 Å². The van der Waals surface area contributed by atoms with Crippen LogP contribution in [0.1, 0.15) is 12.8 Å². The van der Waals surface area contributed by atoms with Gasteiger partial charge in [-0.2, -0.15) is 0 Å². The van der Waals surface area contributed by atoms with E-state index in [1.165, 1.54) is 0 Å². The van der Waals surface area contributed by atoms with E-state index < -0.39 is 0 Å². The normalized spacial score (nSPS) is 10.8. The second kappa shape index (κ2) is 13.9. The van der Waals surface area contributed by atoms with Crippen LogP contribution in [0, 0.1) is 0 Å². The smallest absolute Gasteiger partial charge is 0.222 e. The van der Waals surface area contributed by atoms with Gasteiger partial charge in [-0.3, -0.25) is 4.79 Å². The molecule has 0 fully saturated rings. The van der Waals surface area contributed by atoms with Crippen LogP contribution in [0.2, 0.25) is 0 Å². The highest BCUT2D eigenvalue weighted by molar-refractivity contribution is 5.85. The molecule has 1 atom stereocenters. The number of benzene rings is 1. The van der Waals surface area contributed by atoms with Crippen LogP contribution in [-0.4, -0.2) is 38.8 Å². The molecule has 0 radical (unpaired) electrons. The number of rotatable bonds is 9. The first-order chi connectivity index (χ1) is 9.26. The van der Waals surface area contributed by atoms with E-state index in [4.69, 9.17) is 10.5 Å². The Morgan fingerprint density at radius 2 is 1.90 bits per heavy atom. The Morgan fingerprint density at radius 1 is 1.24 bits per heavy atom. The number of para-hydroxylation sites is 1. The van der Waals surface area contributed by atoms with Crippen LogP contribution >= 0.6 is 24.8 Å². The number of hydrogen-bond acceptors (Lipinski definition) is 4. The molecule has 0 spiro atoms. The van der Waals surface area contributed by atoms with Gasteiger partial charge in [0.2, 0.25) is 5.91 Å². The Balaban J connectivity index is 0. The minimum absolute atomic E-state index is 0. The summed E-state index contributed by atoms with van der Waals surface area (Å²) >= 11 is 0. The highest BCUT2D eigenvalue weighted by atomic mass is 35.5. The lowest BCUT2D eigenvalue weighted by molar-refractivity contribution is -0.123. The zero-order chi connectivity index (χ0) is 13.9. The fourth-order valence-electron chi connectivity index (χ4n) is 1.65. The molecular weight excluding hydrogens is 313 g/mol. The van der Waals surface area contributed by atoms with E-state index in [1.807, 2.05) is 30.3 Å². The molecule has 4 N–H and O–H groups in total. The van der Waals surface area contributed by atoms with Crippen molar-refractivity contribution in [1.82, 2.24) is 5.32 Å². The molecule has 0 aliphatic rings. The predicted octanol–water partition coefficient (Wildman–Crippen LogP) is 1.81. The van der Waals surface area contributed by atoms with Crippen molar-refractivity contribution in [2.45, 2.75) is 18.9 Å². The van der Waals surface area contributed by atoms with Gasteiger partial charge < -0.3 is 21.1 Å². The van der Waals surface area contributed by atoms with Crippen LogP contribution in [-0.2, 0) is 9.53 Å². The van der Waals surface area contributed by atoms with E-state index in [0.29, 0.717) is 19.5 Å². The highest BCUT2D eigenvalue weighted by Crippen LogP contribution is 2.04. The minimum Gasteiger partial charge on any atom is -0.385 e. The molecule has 21 heavy (non-hydrogen) atoms. The molecule has 0 aliphatic heterocycles. The number of carbonyl (C=O) groups is 1. The first-order valence-electron chi connectivity index (χ1n) is 6.54. The average molecular weight is 338 g/mol. The van der Waals surface area contributed by atoms with Crippen LogP contribution in [0.3, 0.4) is 0 Å². The van der Waals surface area contributed by atoms with Crippen molar-refractivity contribution in [2.24, 2.45) is 5.73 Å². The summed E-state index contributed by atoms with van der Waals surface area (Å²) in [6.45, 7) is 1.84. The monoisotopic (exact) mass is 337 g/mol. The summed E-state index contributed by atoms with van der Waals surface area (Å²) in [5.74, 6) is -0.0167. The Bertz CT molecular complexity index is 362. The van der Waals surface area contributed by atoms with Crippen LogP contribution in [0.15, 0.2) is 30.3 Å². The maximum atomic E-state index is 11.5. The number of ether oxygens (including phenoxy) is 1. The van der Waals surface area contributed by atoms with E-state index in [-0.39, 0.29) is 36.8 Å². The van der Waals surface area contributed by atoms with Crippen molar-refractivity contribution in [3.8, 4) is 0 Å². The van der Waals surface area contributed by atoms with Gasteiger partial charge in [-0.15, -0.1) is 24.8 Å². The third kappa shape index (κ3) is 10.4. The lowest BCUT2D eigenvalue weighted by atomic mass is 10.2. The van der Waals surface area contributed by atoms with E-state index in [2.05, 4.69) is 10.6 Å². The molecule has 1 aromatic carbocycles. The molecule has 5 nitrogen and oxygen atoms in total. The topological polar surface area (TPSA) is 76.4 Å². The molecule has 7 heteroatoms. The SMILES string of the molecule is COC(CN)CC(=O)NCCCNc1ccccc1.Cl.Cl. The molecular formula is C14H25Cl2N3O2. The number of nitrogens with one attached hydrogen (secondary N) is 2. The summed E-state index contributed by atoms with van der Waals surface area (Å²) in [6.07, 6.45) is 1.00. The number of anilines is 1. The third-order valence-corrected chi connectivity index (χ3v) is 2.79. The summed E-state index contributed by atoms with van der Waals surface area (Å²) in [5.41, 5.74) is 6.55. The zero-order valence-corrected chi connectivity index (χ0v) is 13.8. The number of hydrogen-bond donors (Lipinski definition) is 3. The van der Waals surface area contributed by atoms with E-state index in [1.54, 1.807) is 7.11 Å². The number of carbonyl (C=O) groups excluding carboxylic acids is 1. The van der Waals surface area contributed by atoms with Gasteiger partial charge in [0.1, 0.15) is 0 Å². The van der Waals surface area contributed by atoms with Crippen molar-refractivity contribution < 1.29 is 9.53 Å². The van der Waals surface area contributed by atoms with Gasteiger partial charge in [-0.1, -0.05) is 18.2 Å². The quantitative estimate of drug-likeness (QED) is 0.600. The molecule has 0 heterocycles. The van der Waals surface area contributed by atoms with Crippen molar-refractivity contribution in [1.29, 1.82) is 0 Å². The van der Waals surface area contributed by atoms with E-state index >= 15 is 0 Å². The highest BCUT2D eigenvalue weighted by Gasteiger charge is 2.10. The second-order valence-electron chi connectivity index (χ2n) is 4.29. The van der Waals surface area contributed by atoms with Crippen LogP contribution in [0.25, 0.3) is 0 Å². The molecule has 0 saturated carbocycles. The number of halogens is 2. The number of methoxy groups -OCH3 is 1. The average Bonchev–Trinajstić information content (AvgIpc) is 2.45. The van der Waals surface area contributed by atoms with Crippen LogP contribution in [0.5, 0.6) is 0 Å². The lowest BCUT2D eigenvalue weighted by Gasteiger charge is -2.12. The summed E-state index contributed by atoms with van der Waals surface area (Å²) in [5, 5.41) is 6.14. The summed E-state index contributed by atoms with van der Waals surface area (Å²) in [4.78, 5) is 11.5. The maximum Gasteiger partial charge on any atom is 0.222 e. The number of amides is 1.